The predicted molar refractivity (Wildman–Crippen MR) is 104 cm³/mol. The van der Waals surface area contributed by atoms with Gasteiger partial charge in [0.15, 0.2) is 5.82 Å². The average molecular weight is 388 g/mol. The molecular weight excluding hydrogens is 362 g/mol. The maximum Gasteiger partial charge on any atom is 0.317 e. The zero-order valence-corrected chi connectivity index (χ0v) is 16.5. The van der Waals surface area contributed by atoms with Crippen LogP contribution < -0.4 is 5.32 Å². The second-order valence-corrected chi connectivity index (χ2v) is 7.49. The van der Waals surface area contributed by atoms with E-state index in [4.69, 9.17) is 0 Å². The van der Waals surface area contributed by atoms with Crippen LogP contribution in [0.3, 0.4) is 0 Å². The van der Waals surface area contributed by atoms with Crippen LogP contribution in [-0.4, -0.2) is 34.5 Å². The van der Waals surface area contributed by atoms with Crippen LogP contribution in [0.1, 0.15) is 55.7 Å². The quantitative estimate of drug-likeness (QED) is 0.820. The molecule has 0 aliphatic carbocycles. The number of aromatic nitrogens is 2. The molecule has 3 rings (SSSR count). The van der Waals surface area contributed by atoms with Gasteiger partial charge in [0, 0.05) is 37.3 Å². The lowest BCUT2D eigenvalue weighted by Gasteiger charge is -2.21. The summed E-state index contributed by atoms with van der Waals surface area (Å²) in [7, 11) is 1.78. The van der Waals surface area contributed by atoms with E-state index < -0.39 is 5.92 Å². The first-order chi connectivity index (χ1) is 13.2. The van der Waals surface area contributed by atoms with Gasteiger partial charge in [0.05, 0.1) is 11.7 Å². The zero-order chi connectivity index (χ0) is 20.3. The Balaban J connectivity index is 1.91. The number of carbonyl (C=O) groups excluding carboxylic acids is 1. The summed E-state index contributed by atoms with van der Waals surface area (Å²) in [5.41, 5.74) is 2.14. The van der Waals surface area contributed by atoms with Crippen molar-refractivity contribution in [3.8, 4) is 11.3 Å². The van der Waals surface area contributed by atoms with Crippen molar-refractivity contribution in [2.24, 2.45) is 0 Å². The number of nitrogens with one attached hydrogen (secondary N) is 1. The molecule has 2 amide bonds. The number of hydrogen-bond acceptors (Lipinski definition) is 3. The van der Waals surface area contributed by atoms with Crippen molar-refractivity contribution < 1.29 is 13.6 Å². The lowest BCUT2D eigenvalue weighted by Crippen LogP contribution is -2.39. The van der Waals surface area contributed by atoms with Crippen molar-refractivity contribution in [3.05, 3.63) is 47.4 Å². The van der Waals surface area contributed by atoms with Crippen LogP contribution in [0.2, 0.25) is 0 Å². The maximum absolute atomic E-state index is 13.5. The van der Waals surface area contributed by atoms with Crippen LogP contribution in [0.15, 0.2) is 30.3 Å². The Kier molecular flexibility index (Phi) is 5.91. The van der Waals surface area contributed by atoms with Crippen LogP contribution in [0.5, 0.6) is 0 Å². The van der Waals surface area contributed by atoms with Gasteiger partial charge in [-0.25, -0.2) is 23.5 Å². The Morgan fingerprint density at radius 1 is 1.14 bits per heavy atom. The molecule has 0 radical (unpaired) electrons. The van der Waals surface area contributed by atoms with Gasteiger partial charge >= 0.3 is 6.03 Å². The highest BCUT2D eigenvalue weighted by molar-refractivity contribution is 5.74. The van der Waals surface area contributed by atoms with Crippen LogP contribution in [0, 0.1) is 6.92 Å². The van der Waals surface area contributed by atoms with Crippen molar-refractivity contribution in [2.75, 3.05) is 13.6 Å². The van der Waals surface area contributed by atoms with E-state index in [0.717, 1.165) is 50.4 Å². The molecule has 0 saturated carbocycles. The molecular formula is C21H26F2N4O. The molecule has 2 heterocycles. The van der Waals surface area contributed by atoms with Crippen LogP contribution in [0.4, 0.5) is 13.6 Å². The van der Waals surface area contributed by atoms with Gasteiger partial charge in [-0.2, -0.15) is 0 Å². The Morgan fingerprint density at radius 2 is 1.86 bits per heavy atom. The van der Waals surface area contributed by atoms with E-state index in [2.05, 4.69) is 15.3 Å². The summed E-state index contributed by atoms with van der Waals surface area (Å²) in [6, 6.07) is 7.55. The minimum atomic E-state index is -2.88. The normalized spacial score (nSPS) is 18.8. The molecule has 1 aromatic carbocycles. The SMILES string of the molecule is Cc1cc(-c2ccc(C(C)(F)F)cc2)nc([C@@H]2CCCCCN(C)C(=O)N2)n1. The third kappa shape index (κ3) is 4.82. The number of benzene rings is 1. The highest BCUT2D eigenvalue weighted by Crippen LogP contribution is 2.29. The van der Waals surface area contributed by atoms with Crippen LogP contribution in [0.25, 0.3) is 11.3 Å². The van der Waals surface area contributed by atoms with E-state index in [0.29, 0.717) is 11.5 Å². The minimum absolute atomic E-state index is 0.0335. The summed E-state index contributed by atoms with van der Waals surface area (Å²) in [6.07, 6.45) is 3.77. The number of alkyl halides is 2. The molecule has 150 valence electrons. The fourth-order valence-electron chi connectivity index (χ4n) is 3.33. The predicted octanol–water partition coefficient (Wildman–Crippen LogP) is 4.82. The van der Waals surface area contributed by atoms with Gasteiger partial charge in [-0.05, 0) is 25.8 Å². The Bertz CT molecular complexity index is 833. The third-order valence-electron chi connectivity index (χ3n) is 5.00. The number of carbonyl (C=O) groups is 1. The fourth-order valence-corrected chi connectivity index (χ4v) is 3.33. The molecule has 1 atom stereocenters. The number of rotatable bonds is 3. The van der Waals surface area contributed by atoms with Crippen LogP contribution in [-0.2, 0) is 5.92 Å². The molecule has 2 aromatic rings. The van der Waals surface area contributed by atoms with Gasteiger partial charge in [-0.1, -0.05) is 37.1 Å². The number of amides is 2. The summed E-state index contributed by atoms with van der Waals surface area (Å²) in [4.78, 5) is 23.2. The molecule has 1 N–H and O–H groups in total. The lowest BCUT2D eigenvalue weighted by molar-refractivity contribution is 0.0175. The first-order valence-electron chi connectivity index (χ1n) is 9.60. The molecule has 1 aliphatic rings. The molecule has 0 spiro atoms. The Labute approximate surface area is 164 Å². The highest BCUT2D eigenvalue weighted by atomic mass is 19.3. The highest BCUT2D eigenvalue weighted by Gasteiger charge is 2.24. The van der Waals surface area contributed by atoms with Crippen molar-refractivity contribution >= 4 is 6.03 Å². The van der Waals surface area contributed by atoms with Gasteiger partial charge in [0.1, 0.15) is 0 Å². The average Bonchev–Trinajstić information content (AvgIpc) is 2.72. The van der Waals surface area contributed by atoms with E-state index in [-0.39, 0.29) is 17.6 Å². The van der Waals surface area contributed by atoms with Gasteiger partial charge in [0.25, 0.3) is 5.92 Å². The molecule has 1 saturated heterocycles. The first-order valence-corrected chi connectivity index (χ1v) is 9.60. The van der Waals surface area contributed by atoms with Crippen molar-refractivity contribution in [2.45, 2.75) is 51.5 Å². The van der Waals surface area contributed by atoms with E-state index >= 15 is 0 Å². The topological polar surface area (TPSA) is 58.1 Å². The second-order valence-electron chi connectivity index (χ2n) is 7.49. The molecule has 1 aliphatic heterocycles. The largest absolute Gasteiger partial charge is 0.328 e. The molecule has 0 bridgehead atoms. The van der Waals surface area contributed by atoms with Gasteiger partial charge in [-0.3, -0.25) is 0 Å². The monoisotopic (exact) mass is 388 g/mol. The molecule has 7 heteroatoms. The van der Waals surface area contributed by atoms with E-state index in [1.807, 2.05) is 13.0 Å². The van der Waals surface area contributed by atoms with E-state index in [1.54, 1.807) is 24.1 Å². The summed E-state index contributed by atoms with van der Waals surface area (Å²) in [5, 5.41) is 3.02. The summed E-state index contributed by atoms with van der Waals surface area (Å²) in [6.45, 7) is 3.48. The Hall–Kier alpha value is -2.57. The standard InChI is InChI=1S/C21H26F2N4O/c1-14-13-18(15-8-10-16(11-9-15)21(2,22)23)25-19(24-14)17-7-5-4-6-12-27(3)20(28)26-17/h8-11,13,17H,4-7,12H2,1-3H3,(H,26,28)/t17-/m0/s1. The smallest absolute Gasteiger partial charge is 0.317 e. The first kappa shape index (κ1) is 20.2. The zero-order valence-electron chi connectivity index (χ0n) is 16.5. The van der Waals surface area contributed by atoms with E-state index in [1.165, 1.54) is 12.1 Å². The maximum atomic E-state index is 13.5. The van der Waals surface area contributed by atoms with Crippen LogP contribution >= 0.6 is 0 Å². The molecule has 1 aromatic heterocycles. The van der Waals surface area contributed by atoms with Crippen molar-refractivity contribution in [1.82, 2.24) is 20.2 Å². The molecule has 1 fully saturated rings. The minimum Gasteiger partial charge on any atom is -0.328 e. The van der Waals surface area contributed by atoms with Gasteiger partial charge in [-0.15, -0.1) is 0 Å². The van der Waals surface area contributed by atoms with E-state index in [9.17, 15) is 13.6 Å². The second kappa shape index (κ2) is 8.20. The van der Waals surface area contributed by atoms with Crippen molar-refractivity contribution in [1.29, 1.82) is 0 Å². The lowest BCUT2D eigenvalue weighted by atomic mass is 10.0. The van der Waals surface area contributed by atoms with Crippen molar-refractivity contribution in [3.63, 3.8) is 0 Å². The molecule has 28 heavy (non-hydrogen) atoms. The summed E-state index contributed by atoms with van der Waals surface area (Å²) >= 11 is 0. The number of urea groups is 1. The number of hydrogen-bond donors (Lipinski definition) is 1. The van der Waals surface area contributed by atoms with Gasteiger partial charge in [0.2, 0.25) is 0 Å². The third-order valence-corrected chi connectivity index (χ3v) is 5.00. The fraction of sp³-hybridized carbons (Fsp3) is 0.476. The summed E-state index contributed by atoms with van der Waals surface area (Å²) < 4.78 is 26.9. The number of nitrogens with zero attached hydrogens (tertiary/aromatic N) is 3. The molecule has 0 unspecified atom stereocenters. The Morgan fingerprint density at radius 3 is 2.54 bits per heavy atom. The van der Waals surface area contributed by atoms with Gasteiger partial charge < -0.3 is 10.2 Å². The number of aryl methyl sites for hydroxylation is 1. The number of halogens is 2. The molecule has 5 nitrogen and oxygen atoms in total. The summed E-state index contributed by atoms with van der Waals surface area (Å²) in [5.74, 6) is -2.32.